The molecular formula is C33H30N2O6. The molecule has 4 aromatic carbocycles. The second-order valence-corrected chi connectivity index (χ2v) is 9.84. The molecule has 0 bridgehead atoms. The van der Waals surface area contributed by atoms with Crippen molar-refractivity contribution >= 4 is 29.2 Å². The van der Waals surface area contributed by atoms with E-state index in [1.807, 2.05) is 62.4 Å². The monoisotopic (exact) mass is 550 g/mol. The lowest BCUT2D eigenvalue weighted by atomic mass is 10.1. The van der Waals surface area contributed by atoms with Crippen LogP contribution >= 0.6 is 0 Å². The van der Waals surface area contributed by atoms with Crippen LogP contribution in [0, 0.1) is 19.8 Å². The number of anilines is 2. The summed E-state index contributed by atoms with van der Waals surface area (Å²) < 4.78 is 16.9. The van der Waals surface area contributed by atoms with E-state index in [2.05, 4.69) is 5.32 Å². The molecule has 1 heterocycles. The highest BCUT2D eigenvalue weighted by Gasteiger charge is 2.36. The van der Waals surface area contributed by atoms with Crippen LogP contribution in [0.25, 0.3) is 0 Å². The lowest BCUT2D eigenvalue weighted by Crippen LogP contribution is -2.28. The molecule has 0 aliphatic carbocycles. The second kappa shape index (κ2) is 12.4. The molecule has 1 saturated heterocycles. The maximum absolute atomic E-state index is 12.7. The van der Waals surface area contributed by atoms with Gasteiger partial charge in [-0.15, -0.1) is 0 Å². The molecule has 0 unspecified atom stereocenters. The maximum Gasteiger partial charge on any atom is 0.311 e. The van der Waals surface area contributed by atoms with Crippen molar-refractivity contribution in [1.82, 2.24) is 0 Å². The molecule has 0 radical (unpaired) electrons. The number of aryl methyl sites for hydroxylation is 2. The molecule has 1 N–H and O–H groups in total. The van der Waals surface area contributed by atoms with Crippen molar-refractivity contribution in [2.45, 2.75) is 20.3 Å². The fourth-order valence-corrected chi connectivity index (χ4v) is 4.41. The average Bonchev–Trinajstić information content (AvgIpc) is 3.37. The van der Waals surface area contributed by atoms with Crippen LogP contribution in [0.15, 0.2) is 97.1 Å². The Balaban J connectivity index is 1.09. The smallest absolute Gasteiger partial charge is 0.311 e. The molecule has 1 aliphatic rings. The number of amides is 2. The Bertz CT molecular complexity index is 1530. The van der Waals surface area contributed by atoms with E-state index in [0.29, 0.717) is 28.6 Å². The van der Waals surface area contributed by atoms with Gasteiger partial charge in [0, 0.05) is 24.3 Å². The molecular weight excluding hydrogens is 520 g/mol. The molecule has 8 nitrogen and oxygen atoms in total. The number of hydrogen-bond acceptors (Lipinski definition) is 6. The van der Waals surface area contributed by atoms with E-state index in [1.165, 1.54) is 5.56 Å². The summed E-state index contributed by atoms with van der Waals surface area (Å²) in [5.41, 5.74) is 3.53. The normalized spacial score (nSPS) is 14.4. The quantitative estimate of drug-likeness (QED) is 0.242. The first-order valence-corrected chi connectivity index (χ1v) is 13.3. The van der Waals surface area contributed by atoms with Gasteiger partial charge in [-0.1, -0.05) is 24.3 Å². The molecule has 0 aromatic heterocycles. The zero-order chi connectivity index (χ0) is 28.8. The van der Waals surface area contributed by atoms with E-state index in [-0.39, 0.29) is 18.9 Å². The molecule has 208 valence electrons. The minimum absolute atomic E-state index is 0.0181. The van der Waals surface area contributed by atoms with Crippen LogP contribution in [-0.4, -0.2) is 30.9 Å². The minimum atomic E-state index is -0.656. The molecule has 1 atom stereocenters. The summed E-state index contributed by atoms with van der Waals surface area (Å²) in [6.45, 7) is 3.80. The zero-order valence-corrected chi connectivity index (χ0v) is 22.8. The van der Waals surface area contributed by atoms with E-state index in [1.54, 1.807) is 53.4 Å². The van der Waals surface area contributed by atoms with Crippen molar-refractivity contribution in [1.29, 1.82) is 0 Å². The Morgan fingerprint density at radius 1 is 0.780 bits per heavy atom. The van der Waals surface area contributed by atoms with Gasteiger partial charge >= 0.3 is 5.97 Å². The number of nitrogens with one attached hydrogen (secondary N) is 1. The number of benzene rings is 4. The number of para-hydroxylation sites is 1. The SMILES string of the molecule is Cc1ccc(Oc2ccc(N3C[C@@H](C(=O)OCC(=O)Nc4ccc(Oc5ccccc5)cc4)CC3=O)cc2)cc1C. The summed E-state index contributed by atoms with van der Waals surface area (Å²) >= 11 is 0. The minimum Gasteiger partial charge on any atom is -0.457 e. The Labute approximate surface area is 238 Å². The van der Waals surface area contributed by atoms with Gasteiger partial charge in [0.1, 0.15) is 23.0 Å². The highest BCUT2D eigenvalue weighted by atomic mass is 16.5. The van der Waals surface area contributed by atoms with Gasteiger partial charge in [-0.05, 0) is 97.8 Å². The van der Waals surface area contributed by atoms with Crippen LogP contribution in [-0.2, 0) is 19.1 Å². The van der Waals surface area contributed by atoms with Crippen molar-refractivity contribution in [3.63, 3.8) is 0 Å². The van der Waals surface area contributed by atoms with E-state index in [9.17, 15) is 14.4 Å². The highest BCUT2D eigenvalue weighted by Crippen LogP contribution is 2.30. The van der Waals surface area contributed by atoms with E-state index >= 15 is 0 Å². The third kappa shape index (κ3) is 7.10. The summed E-state index contributed by atoms with van der Waals surface area (Å²) in [5.74, 6) is 0.808. The summed E-state index contributed by atoms with van der Waals surface area (Å²) in [6, 6.07) is 29.2. The zero-order valence-electron chi connectivity index (χ0n) is 22.8. The fraction of sp³-hybridized carbons (Fsp3) is 0.182. The predicted molar refractivity (Wildman–Crippen MR) is 155 cm³/mol. The molecule has 5 rings (SSSR count). The van der Waals surface area contributed by atoms with Crippen LogP contribution in [0.2, 0.25) is 0 Å². The standard InChI is InChI=1S/C33H30N2O6/c1-22-8-13-30(18-23(22)2)41-29-16-11-26(12-17-29)35-20-24(19-32(35)37)33(38)39-21-31(36)34-25-9-14-28(15-10-25)40-27-6-4-3-5-7-27/h3-18,24H,19-21H2,1-2H3,(H,34,36)/t24-/m0/s1. The first-order valence-electron chi connectivity index (χ1n) is 13.3. The van der Waals surface area contributed by atoms with Crippen molar-refractivity contribution < 1.29 is 28.6 Å². The topological polar surface area (TPSA) is 94.2 Å². The van der Waals surface area contributed by atoms with Crippen LogP contribution in [0.1, 0.15) is 17.5 Å². The van der Waals surface area contributed by atoms with Crippen molar-refractivity contribution in [2.24, 2.45) is 5.92 Å². The van der Waals surface area contributed by atoms with Gasteiger partial charge < -0.3 is 24.4 Å². The van der Waals surface area contributed by atoms with Crippen molar-refractivity contribution in [2.75, 3.05) is 23.4 Å². The lowest BCUT2D eigenvalue weighted by molar-refractivity contribution is -0.151. The molecule has 1 aliphatic heterocycles. The van der Waals surface area contributed by atoms with Gasteiger partial charge in [-0.2, -0.15) is 0 Å². The Morgan fingerprint density at radius 2 is 1.39 bits per heavy atom. The molecule has 4 aromatic rings. The Hall–Kier alpha value is -5.11. The lowest BCUT2D eigenvalue weighted by Gasteiger charge is -2.17. The van der Waals surface area contributed by atoms with Crippen molar-refractivity contribution in [3.05, 3.63) is 108 Å². The first-order chi connectivity index (χ1) is 19.8. The van der Waals surface area contributed by atoms with Crippen LogP contribution in [0.4, 0.5) is 11.4 Å². The number of rotatable bonds is 9. The fourth-order valence-electron chi connectivity index (χ4n) is 4.41. The number of ether oxygens (including phenoxy) is 3. The van der Waals surface area contributed by atoms with Crippen LogP contribution in [0.5, 0.6) is 23.0 Å². The van der Waals surface area contributed by atoms with E-state index in [4.69, 9.17) is 14.2 Å². The van der Waals surface area contributed by atoms with Gasteiger partial charge in [-0.3, -0.25) is 14.4 Å². The largest absolute Gasteiger partial charge is 0.457 e. The van der Waals surface area contributed by atoms with Crippen molar-refractivity contribution in [3.8, 4) is 23.0 Å². The molecule has 2 amide bonds. The summed E-state index contributed by atoms with van der Waals surface area (Å²) in [5, 5.41) is 2.69. The number of carbonyl (C=O) groups excluding carboxylic acids is 3. The average molecular weight is 551 g/mol. The van der Waals surface area contributed by atoms with Crippen LogP contribution in [0.3, 0.4) is 0 Å². The summed E-state index contributed by atoms with van der Waals surface area (Å²) in [7, 11) is 0. The summed E-state index contributed by atoms with van der Waals surface area (Å²) in [6.07, 6.45) is 0.0181. The van der Waals surface area contributed by atoms with E-state index < -0.39 is 24.4 Å². The third-order valence-corrected chi connectivity index (χ3v) is 6.78. The number of esters is 1. The number of hydrogen-bond donors (Lipinski definition) is 1. The summed E-state index contributed by atoms with van der Waals surface area (Å²) in [4.78, 5) is 39.2. The maximum atomic E-state index is 12.7. The van der Waals surface area contributed by atoms with Gasteiger partial charge in [0.15, 0.2) is 6.61 Å². The number of carbonyl (C=O) groups is 3. The van der Waals surface area contributed by atoms with Gasteiger partial charge in [0.25, 0.3) is 5.91 Å². The molecule has 0 saturated carbocycles. The molecule has 41 heavy (non-hydrogen) atoms. The van der Waals surface area contributed by atoms with Gasteiger partial charge in [-0.25, -0.2) is 0 Å². The van der Waals surface area contributed by atoms with Gasteiger partial charge in [0.2, 0.25) is 5.91 Å². The molecule has 8 heteroatoms. The first kappa shape index (κ1) is 27.5. The number of nitrogens with zero attached hydrogens (tertiary/aromatic N) is 1. The van der Waals surface area contributed by atoms with Gasteiger partial charge in [0.05, 0.1) is 5.92 Å². The Morgan fingerprint density at radius 3 is 2.07 bits per heavy atom. The highest BCUT2D eigenvalue weighted by molar-refractivity contribution is 6.00. The predicted octanol–water partition coefficient (Wildman–Crippen LogP) is 6.42. The third-order valence-electron chi connectivity index (χ3n) is 6.78. The second-order valence-electron chi connectivity index (χ2n) is 9.84. The van der Waals surface area contributed by atoms with E-state index in [0.717, 1.165) is 11.3 Å². The van der Waals surface area contributed by atoms with Crippen LogP contribution < -0.4 is 19.7 Å². The molecule has 0 spiro atoms. The molecule has 1 fully saturated rings. The Kier molecular flexibility index (Phi) is 8.29.